The van der Waals surface area contributed by atoms with Crippen molar-refractivity contribution in [3.63, 3.8) is 0 Å². The van der Waals surface area contributed by atoms with Gasteiger partial charge in [-0.25, -0.2) is 0 Å². The molecule has 1 aromatic rings. The average Bonchev–Trinajstić information content (AvgIpc) is 2.50. The zero-order chi connectivity index (χ0) is 10.4. The Kier molecular flexibility index (Phi) is 5.37. The van der Waals surface area contributed by atoms with E-state index in [9.17, 15) is 4.79 Å². The number of thiophene rings is 1. The van der Waals surface area contributed by atoms with Crippen LogP contribution in [0.3, 0.4) is 0 Å². The van der Waals surface area contributed by atoms with Crippen LogP contribution in [-0.2, 0) is 11.2 Å². The summed E-state index contributed by atoms with van der Waals surface area (Å²) in [6.45, 7) is 0. The average molecular weight is 251 g/mol. The van der Waals surface area contributed by atoms with Crippen molar-refractivity contribution in [3.8, 4) is 0 Å². The molecule has 0 bridgehead atoms. The van der Waals surface area contributed by atoms with Gasteiger partial charge in [-0.1, -0.05) is 11.6 Å². The molecule has 0 aliphatic carbocycles. The highest BCUT2D eigenvalue weighted by Crippen LogP contribution is 2.22. The van der Waals surface area contributed by atoms with Crippen LogP contribution in [0.5, 0.6) is 0 Å². The van der Waals surface area contributed by atoms with Gasteiger partial charge in [-0.2, -0.15) is 11.8 Å². The summed E-state index contributed by atoms with van der Waals surface area (Å²) in [5.74, 6) is 0.926. The summed E-state index contributed by atoms with van der Waals surface area (Å²) in [5, 5.41) is 8.40. The molecule has 1 aromatic heterocycles. The van der Waals surface area contributed by atoms with Gasteiger partial charge in [-0.05, 0) is 24.3 Å². The van der Waals surface area contributed by atoms with Gasteiger partial charge in [-0.3, -0.25) is 4.79 Å². The number of carbonyl (C=O) groups is 1. The number of thioether (sulfide) groups is 1. The molecule has 14 heavy (non-hydrogen) atoms. The highest BCUT2D eigenvalue weighted by Gasteiger charge is 1.99. The van der Waals surface area contributed by atoms with Gasteiger partial charge in [0.25, 0.3) is 0 Å². The van der Waals surface area contributed by atoms with Crippen molar-refractivity contribution in [2.24, 2.45) is 0 Å². The minimum absolute atomic E-state index is 0.246. The summed E-state index contributed by atoms with van der Waals surface area (Å²) in [4.78, 5) is 11.5. The molecule has 0 atom stereocenters. The fourth-order valence-corrected chi connectivity index (χ4v) is 3.02. The topological polar surface area (TPSA) is 37.3 Å². The maximum absolute atomic E-state index is 10.2. The lowest BCUT2D eigenvalue weighted by Crippen LogP contribution is -1.97. The third kappa shape index (κ3) is 4.88. The number of carboxylic acids is 1. The lowest BCUT2D eigenvalue weighted by atomic mass is 10.4. The van der Waals surface area contributed by atoms with Crippen LogP contribution in [0.2, 0.25) is 4.34 Å². The molecule has 1 N–H and O–H groups in total. The van der Waals surface area contributed by atoms with Crippen LogP contribution in [0.25, 0.3) is 0 Å². The second-order valence-electron chi connectivity index (χ2n) is 2.71. The highest BCUT2D eigenvalue weighted by atomic mass is 35.5. The Bertz CT molecular complexity index is 299. The molecule has 0 amide bonds. The van der Waals surface area contributed by atoms with Gasteiger partial charge < -0.3 is 5.11 Å². The Morgan fingerprint density at radius 2 is 2.29 bits per heavy atom. The largest absolute Gasteiger partial charge is 0.481 e. The third-order valence-electron chi connectivity index (χ3n) is 1.58. The van der Waals surface area contributed by atoms with Crippen LogP contribution < -0.4 is 0 Å². The third-order valence-corrected chi connectivity index (χ3v) is 3.86. The summed E-state index contributed by atoms with van der Waals surface area (Å²) in [6.07, 6.45) is 1.22. The van der Waals surface area contributed by atoms with E-state index in [1.165, 1.54) is 4.88 Å². The van der Waals surface area contributed by atoms with Crippen molar-refractivity contribution in [3.05, 3.63) is 21.3 Å². The van der Waals surface area contributed by atoms with Crippen LogP contribution in [0.15, 0.2) is 12.1 Å². The van der Waals surface area contributed by atoms with E-state index in [0.717, 1.165) is 16.5 Å². The number of carboxylic acid groups (broad SMARTS) is 1. The van der Waals surface area contributed by atoms with Gasteiger partial charge in [0.2, 0.25) is 0 Å². The first-order chi connectivity index (χ1) is 6.68. The zero-order valence-electron chi connectivity index (χ0n) is 7.53. The van der Waals surface area contributed by atoms with Gasteiger partial charge in [0.1, 0.15) is 0 Å². The van der Waals surface area contributed by atoms with Crippen molar-refractivity contribution >= 4 is 40.7 Å². The first kappa shape index (κ1) is 11.9. The van der Waals surface area contributed by atoms with Crippen molar-refractivity contribution in [2.45, 2.75) is 12.8 Å². The van der Waals surface area contributed by atoms with E-state index in [1.54, 1.807) is 23.1 Å². The van der Waals surface area contributed by atoms with Gasteiger partial charge in [-0.15, -0.1) is 11.3 Å². The standard InChI is InChI=1S/C9H11ClO2S2/c10-8-2-1-7(14-8)3-5-13-6-4-9(11)12/h1-2H,3-6H2,(H,11,12). The number of hydrogen-bond acceptors (Lipinski definition) is 3. The first-order valence-corrected chi connectivity index (χ1v) is 6.57. The van der Waals surface area contributed by atoms with E-state index in [1.807, 2.05) is 12.1 Å². The summed E-state index contributed by atoms with van der Waals surface area (Å²) >= 11 is 9.03. The second-order valence-corrected chi connectivity index (χ2v) is 5.74. The molecule has 0 unspecified atom stereocenters. The molecular weight excluding hydrogens is 240 g/mol. The predicted molar refractivity (Wildman–Crippen MR) is 62.6 cm³/mol. The lowest BCUT2D eigenvalue weighted by molar-refractivity contribution is -0.136. The summed E-state index contributed by atoms with van der Waals surface area (Å²) in [7, 11) is 0. The highest BCUT2D eigenvalue weighted by molar-refractivity contribution is 7.99. The first-order valence-electron chi connectivity index (χ1n) is 4.22. The Hall–Kier alpha value is -0.190. The minimum Gasteiger partial charge on any atom is -0.481 e. The summed E-state index contributed by atoms with van der Waals surface area (Å²) in [5.41, 5.74) is 0. The van der Waals surface area contributed by atoms with E-state index < -0.39 is 5.97 Å². The monoisotopic (exact) mass is 250 g/mol. The predicted octanol–water partition coefficient (Wildman–Crippen LogP) is 3.15. The van der Waals surface area contributed by atoms with E-state index in [4.69, 9.17) is 16.7 Å². The molecule has 1 heterocycles. The molecule has 2 nitrogen and oxygen atoms in total. The minimum atomic E-state index is -0.725. The van der Waals surface area contributed by atoms with Crippen molar-refractivity contribution in [1.82, 2.24) is 0 Å². The fraction of sp³-hybridized carbons (Fsp3) is 0.444. The zero-order valence-corrected chi connectivity index (χ0v) is 9.92. The number of rotatable bonds is 6. The second kappa shape index (κ2) is 6.32. The SMILES string of the molecule is O=C(O)CCSCCc1ccc(Cl)s1. The van der Waals surface area contributed by atoms with E-state index >= 15 is 0 Å². The number of aliphatic carboxylic acids is 1. The number of halogens is 1. The van der Waals surface area contributed by atoms with Gasteiger partial charge in [0.15, 0.2) is 0 Å². The van der Waals surface area contributed by atoms with E-state index in [-0.39, 0.29) is 6.42 Å². The molecule has 78 valence electrons. The van der Waals surface area contributed by atoms with E-state index in [2.05, 4.69) is 0 Å². The Labute approximate surface area is 96.3 Å². The smallest absolute Gasteiger partial charge is 0.304 e. The maximum Gasteiger partial charge on any atom is 0.304 e. The van der Waals surface area contributed by atoms with Crippen molar-refractivity contribution in [2.75, 3.05) is 11.5 Å². The van der Waals surface area contributed by atoms with Crippen LogP contribution in [0.1, 0.15) is 11.3 Å². The quantitative estimate of drug-likeness (QED) is 0.788. The summed E-state index contributed by atoms with van der Waals surface area (Å²) < 4.78 is 0.815. The molecule has 0 aromatic carbocycles. The molecule has 1 rings (SSSR count). The van der Waals surface area contributed by atoms with Crippen LogP contribution in [-0.4, -0.2) is 22.6 Å². The molecule has 0 spiro atoms. The molecule has 0 aliphatic rings. The van der Waals surface area contributed by atoms with Gasteiger partial charge in [0.05, 0.1) is 10.8 Å². The molecule has 0 saturated heterocycles. The fourth-order valence-electron chi connectivity index (χ4n) is 0.920. The molecule has 5 heteroatoms. The van der Waals surface area contributed by atoms with Crippen LogP contribution in [0.4, 0.5) is 0 Å². The number of aryl methyl sites for hydroxylation is 1. The lowest BCUT2D eigenvalue weighted by Gasteiger charge is -1.97. The molecule has 0 aliphatic heterocycles. The Balaban J connectivity index is 2.07. The molecule has 0 fully saturated rings. The Morgan fingerprint density at radius 3 is 2.86 bits per heavy atom. The van der Waals surface area contributed by atoms with Gasteiger partial charge in [0, 0.05) is 10.6 Å². The summed E-state index contributed by atoms with van der Waals surface area (Å²) in [6, 6.07) is 3.91. The molecule has 0 saturated carbocycles. The maximum atomic E-state index is 10.2. The molecule has 0 radical (unpaired) electrons. The van der Waals surface area contributed by atoms with Crippen molar-refractivity contribution in [1.29, 1.82) is 0 Å². The van der Waals surface area contributed by atoms with Gasteiger partial charge >= 0.3 is 5.97 Å². The normalized spacial score (nSPS) is 10.4. The van der Waals surface area contributed by atoms with Crippen LogP contribution >= 0.6 is 34.7 Å². The van der Waals surface area contributed by atoms with E-state index in [0.29, 0.717) is 5.75 Å². The molecular formula is C9H11ClO2S2. The van der Waals surface area contributed by atoms with Crippen LogP contribution in [0, 0.1) is 0 Å². The number of hydrogen-bond donors (Lipinski definition) is 1. The van der Waals surface area contributed by atoms with Crippen molar-refractivity contribution < 1.29 is 9.90 Å². The Morgan fingerprint density at radius 1 is 1.50 bits per heavy atom.